The summed E-state index contributed by atoms with van der Waals surface area (Å²) >= 11 is 0. The highest BCUT2D eigenvalue weighted by Crippen LogP contribution is 2.26. The highest BCUT2D eigenvalue weighted by molar-refractivity contribution is 6.02. The third kappa shape index (κ3) is 6.51. The largest absolute Gasteiger partial charge is 0.573 e. The van der Waals surface area contributed by atoms with Gasteiger partial charge in [0.25, 0.3) is 0 Å². The number of rotatable bonds is 7. The number of hydrazine groups is 1. The summed E-state index contributed by atoms with van der Waals surface area (Å²) in [6.45, 7) is 1.33. The number of halogens is 3. The average Bonchev–Trinajstić information content (AvgIpc) is 3.23. The molecule has 1 aliphatic rings. The van der Waals surface area contributed by atoms with E-state index in [1.54, 1.807) is 29.2 Å². The molecule has 2 aromatic rings. The Labute approximate surface area is 177 Å². The molecule has 0 atom stereocenters. The minimum Gasteiger partial charge on any atom is -0.406 e. The zero-order chi connectivity index (χ0) is 22.4. The number of benzene rings is 2. The van der Waals surface area contributed by atoms with Gasteiger partial charge in [0.05, 0.1) is 0 Å². The van der Waals surface area contributed by atoms with E-state index in [-0.39, 0.29) is 24.0 Å². The average molecular weight is 436 g/mol. The number of para-hydroxylation sites is 1. The fourth-order valence-corrected chi connectivity index (χ4v) is 3.14. The number of ether oxygens (including phenoxy) is 1. The van der Waals surface area contributed by atoms with Gasteiger partial charge in [-0.25, -0.2) is 11.0 Å². The Kier molecular flexibility index (Phi) is 6.85. The molecule has 1 heterocycles. The second-order valence-corrected chi connectivity index (χ2v) is 6.91. The molecule has 11 heteroatoms. The van der Waals surface area contributed by atoms with Gasteiger partial charge in [-0.05, 0) is 49.2 Å². The van der Waals surface area contributed by atoms with E-state index in [4.69, 9.17) is 11.6 Å². The summed E-state index contributed by atoms with van der Waals surface area (Å²) in [7, 11) is 0. The standard InChI is InChI=1S/C20H23F3N6O2/c21-20(22,23)31-15-9-7-14(8-10-15)26-17-6-2-1-5-16(17)19(24)27-29(25)13-18(30)28-11-3-4-12-28/h1-2,5-10,26H,3-4,11-13,25H2,(H2,24,27). The van der Waals surface area contributed by atoms with E-state index in [1.165, 1.54) is 24.3 Å². The smallest absolute Gasteiger partial charge is 0.406 e. The molecule has 1 amide bonds. The molecule has 2 aromatic carbocycles. The SMILES string of the molecule is N/C(=N\N(N)CC(=O)N1CCCC1)c1ccccc1Nc1ccc(OC(F)(F)F)cc1. The van der Waals surface area contributed by atoms with Gasteiger partial charge >= 0.3 is 6.36 Å². The number of alkyl halides is 3. The van der Waals surface area contributed by atoms with Crippen LogP contribution in [-0.4, -0.2) is 47.8 Å². The monoisotopic (exact) mass is 436 g/mol. The molecule has 1 aliphatic heterocycles. The van der Waals surface area contributed by atoms with Gasteiger partial charge in [-0.15, -0.1) is 18.3 Å². The highest BCUT2D eigenvalue weighted by atomic mass is 19.4. The van der Waals surface area contributed by atoms with Crippen molar-refractivity contribution in [1.82, 2.24) is 10.0 Å². The second-order valence-electron chi connectivity index (χ2n) is 6.91. The number of hydrogen-bond acceptors (Lipinski definition) is 6. The van der Waals surface area contributed by atoms with Gasteiger partial charge < -0.3 is 20.7 Å². The van der Waals surface area contributed by atoms with E-state index in [0.717, 1.165) is 18.0 Å². The highest BCUT2D eigenvalue weighted by Gasteiger charge is 2.31. The lowest BCUT2D eigenvalue weighted by molar-refractivity contribution is -0.274. The summed E-state index contributed by atoms with van der Waals surface area (Å²) < 4.78 is 40.8. The summed E-state index contributed by atoms with van der Waals surface area (Å²) in [5.41, 5.74) is 7.69. The molecule has 0 aliphatic carbocycles. The third-order valence-electron chi connectivity index (χ3n) is 4.56. The number of carbonyl (C=O) groups is 1. The van der Waals surface area contributed by atoms with Crippen LogP contribution in [0.3, 0.4) is 0 Å². The maximum absolute atomic E-state index is 12.3. The number of anilines is 2. The lowest BCUT2D eigenvalue weighted by Crippen LogP contribution is -2.40. The Morgan fingerprint density at radius 2 is 1.77 bits per heavy atom. The zero-order valence-corrected chi connectivity index (χ0v) is 16.6. The number of likely N-dealkylation sites (tertiary alicyclic amines) is 1. The van der Waals surface area contributed by atoms with Gasteiger partial charge in [-0.2, -0.15) is 0 Å². The molecular formula is C20H23F3N6O2. The predicted octanol–water partition coefficient (Wildman–Crippen LogP) is 2.75. The summed E-state index contributed by atoms with van der Waals surface area (Å²) in [4.78, 5) is 13.9. The van der Waals surface area contributed by atoms with E-state index in [1.807, 2.05) is 0 Å². The van der Waals surface area contributed by atoms with Crippen molar-refractivity contribution >= 4 is 23.1 Å². The first-order valence-corrected chi connectivity index (χ1v) is 9.57. The van der Waals surface area contributed by atoms with Crippen molar-refractivity contribution in [2.24, 2.45) is 16.7 Å². The predicted molar refractivity (Wildman–Crippen MR) is 110 cm³/mol. The molecule has 0 spiro atoms. The van der Waals surface area contributed by atoms with E-state index in [0.29, 0.717) is 30.0 Å². The molecule has 0 unspecified atom stereocenters. The molecule has 0 aromatic heterocycles. The first kappa shape index (κ1) is 22.2. The minimum atomic E-state index is -4.75. The van der Waals surface area contributed by atoms with Crippen LogP contribution in [-0.2, 0) is 4.79 Å². The molecule has 8 nitrogen and oxygen atoms in total. The summed E-state index contributed by atoms with van der Waals surface area (Å²) in [5.74, 6) is 5.48. The van der Waals surface area contributed by atoms with Crippen molar-refractivity contribution in [3.8, 4) is 5.75 Å². The minimum absolute atomic E-state index is 0.0804. The maximum atomic E-state index is 12.3. The van der Waals surface area contributed by atoms with E-state index in [9.17, 15) is 18.0 Å². The Balaban J connectivity index is 1.69. The van der Waals surface area contributed by atoms with Crippen LogP contribution in [0.15, 0.2) is 53.6 Å². The number of amides is 1. The van der Waals surface area contributed by atoms with Crippen LogP contribution in [0.1, 0.15) is 18.4 Å². The third-order valence-corrected chi connectivity index (χ3v) is 4.56. The molecular weight excluding hydrogens is 413 g/mol. The normalized spacial score (nSPS) is 14.5. The van der Waals surface area contributed by atoms with E-state index < -0.39 is 6.36 Å². The van der Waals surface area contributed by atoms with Gasteiger partial charge in [0, 0.05) is 30.0 Å². The van der Waals surface area contributed by atoms with Gasteiger partial charge in [-0.1, -0.05) is 12.1 Å². The fourth-order valence-electron chi connectivity index (χ4n) is 3.14. The van der Waals surface area contributed by atoms with Crippen molar-refractivity contribution in [1.29, 1.82) is 0 Å². The maximum Gasteiger partial charge on any atom is 0.573 e. The summed E-state index contributed by atoms with van der Waals surface area (Å²) in [5, 5.41) is 8.15. The number of nitrogens with one attached hydrogen (secondary N) is 1. The number of nitrogens with two attached hydrogens (primary N) is 2. The van der Waals surface area contributed by atoms with Crippen LogP contribution in [0.5, 0.6) is 5.75 Å². The topological polar surface area (TPSA) is 109 Å². The van der Waals surface area contributed by atoms with E-state index >= 15 is 0 Å². The molecule has 0 radical (unpaired) electrons. The molecule has 5 N–H and O–H groups in total. The van der Waals surface area contributed by atoms with Crippen molar-refractivity contribution in [3.05, 3.63) is 54.1 Å². The molecule has 0 saturated carbocycles. The Morgan fingerprint density at radius 3 is 2.42 bits per heavy atom. The van der Waals surface area contributed by atoms with E-state index in [2.05, 4.69) is 15.2 Å². The van der Waals surface area contributed by atoms with Crippen LogP contribution < -0.4 is 21.6 Å². The summed E-state index contributed by atoms with van der Waals surface area (Å²) in [6.07, 6.45) is -2.80. The lowest BCUT2D eigenvalue weighted by Gasteiger charge is -2.19. The van der Waals surface area contributed by atoms with Crippen LogP contribution in [0.2, 0.25) is 0 Å². The Bertz CT molecular complexity index is 927. The quantitative estimate of drug-likeness (QED) is 0.267. The Morgan fingerprint density at radius 1 is 1.13 bits per heavy atom. The van der Waals surface area contributed by atoms with Crippen molar-refractivity contribution in [2.45, 2.75) is 19.2 Å². The fraction of sp³-hybridized carbons (Fsp3) is 0.300. The van der Waals surface area contributed by atoms with Crippen LogP contribution in [0.25, 0.3) is 0 Å². The van der Waals surface area contributed by atoms with Crippen molar-refractivity contribution in [2.75, 3.05) is 25.0 Å². The number of nitrogens with zero attached hydrogens (tertiary/aromatic N) is 3. The van der Waals surface area contributed by atoms with Crippen LogP contribution >= 0.6 is 0 Å². The Hall–Kier alpha value is -3.47. The lowest BCUT2D eigenvalue weighted by atomic mass is 10.1. The van der Waals surface area contributed by atoms with Crippen LogP contribution in [0, 0.1) is 0 Å². The zero-order valence-electron chi connectivity index (χ0n) is 16.6. The number of hydrazone groups is 1. The second kappa shape index (κ2) is 9.56. The number of carbonyl (C=O) groups excluding carboxylic acids is 1. The first-order chi connectivity index (χ1) is 14.7. The first-order valence-electron chi connectivity index (χ1n) is 9.57. The molecule has 0 bridgehead atoms. The van der Waals surface area contributed by atoms with Gasteiger partial charge in [0.1, 0.15) is 12.3 Å². The molecule has 166 valence electrons. The van der Waals surface area contributed by atoms with Gasteiger partial charge in [0.15, 0.2) is 5.84 Å². The van der Waals surface area contributed by atoms with Gasteiger partial charge in [-0.3, -0.25) is 4.79 Å². The molecule has 31 heavy (non-hydrogen) atoms. The molecule has 1 fully saturated rings. The van der Waals surface area contributed by atoms with Gasteiger partial charge in [0.2, 0.25) is 5.91 Å². The summed E-state index contributed by atoms with van der Waals surface area (Å²) in [6, 6.07) is 12.2. The van der Waals surface area contributed by atoms with Crippen molar-refractivity contribution < 1.29 is 22.7 Å². The number of hydrogen-bond donors (Lipinski definition) is 3. The molecule has 1 saturated heterocycles. The number of amidine groups is 1. The van der Waals surface area contributed by atoms with Crippen molar-refractivity contribution in [3.63, 3.8) is 0 Å². The van der Waals surface area contributed by atoms with Crippen LogP contribution in [0.4, 0.5) is 24.5 Å². The molecule has 3 rings (SSSR count).